The molecule has 2 aliphatic rings. The predicted molar refractivity (Wildman–Crippen MR) is 100 cm³/mol. The lowest BCUT2D eigenvalue weighted by atomic mass is 10.0. The van der Waals surface area contributed by atoms with Gasteiger partial charge in [-0.2, -0.15) is 0 Å². The molecule has 1 atom stereocenters. The average Bonchev–Trinajstić information content (AvgIpc) is 3.03. The van der Waals surface area contributed by atoms with Crippen LogP contribution < -0.4 is 0 Å². The van der Waals surface area contributed by atoms with Gasteiger partial charge in [0, 0.05) is 52.3 Å². The number of carbonyl (C=O) groups is 2. The molecule has 0 aliphatic carbocycles. The van der Waals surface area contributed by atoms with E-state index in [1.165, 1.54) is 0 Å². The van der Waals surface area contributed by atoms with Gasteiger partial charge in [-0.25, -0.2) is 0 Å². The van der Waals surface area contributed by atoms with Crippen LogP contribution in [0.4, 0.5) is 0 Å². The van der Waals surface area contributed by atoms with Gasteiger partial charge < -0.3 is 14.9 Å². The molecule has 26 heavy (non-hydrogen) atoms. The molecule has 2 fully saturated rings. The molecule has 6 nitrogen and oxygen atoms in total. The zero-order valence-corrected chi connectivity index (χ0v) is 15.3. The monoisotopic (exact) mass is 357 g/mol. The van der Waals surface area contributed by atoms with Gasteiger partial charge in [-0.1, -0.05) is 30.3 Å². The first-order valence-electron chi connectivity index (χ1n) is 9.17. The van der Waals surface area contributed by atoms with Gasteiger partial charge in [0.05, 0.1) is 12.1 Å². The third-order valence-electron chi connectivity index (χ3n) is 5.20. The molecule has 2 amide bonds. The summed E-state index contributed by atoms with van der Waals surface area (Å²) >= 11 is 0. The van der Waals surface area contributed by atoms with Crippen molar-refractivity contribution in [1.29, 1.82) is 0 Å². The van der Waals surface area contributed by atoms with Crippen LogP contribution in [0.5, 0.6) is 0 Å². The van der Waals surface area contributed by atoms with Crippen LogP contribution in [0.25, 0.3) is 6.08 Å². The van der Waals surface area contributed by atoms with Gasteiger partial charge in [0.2, 0.25) is 11.8 Å². The molecular formula is C20H27N3O3. The topological polar surface area (TPSA) is 64.1 Å². The van der Waals surface area contributed by atoms with Gasteiger partial charge in [0.1, 0.15) is 0 Å². The fourth-order valence-electron chi connectivity index (χ4n) is 3.65. The average molecular weight is 357 g/mol. The lowest BCUT2D eigenvalue weighted by Crippen LogP contribution is -2.53. The third-order valence-corrected chi connectivity index (χ3v) is 5.20. The molecule has 0 saturated carbocycles. The molecule has 0 spiro atoms. The molecule has 2 aliphatic heterocycles. The minimum atomic E-state index is -0.866. The van der Waals surface area contributed by atoms with E-state index in [1.54, 1.807) is 24.0 Å². The summed E-state index contributed by atoms with van der Waals surface area (Å²) < 4.78 is 0. The minimum Gasteiger partial charge on any atom is -0.387 e. The normalized spacial score (nSPS) is 24.4. The summed E-state index contributed by atoms with van der Waals surface area (Å²) in [6.07, 6.45) is 3.97. The molecule has 1 unspecified atom stereocenters. The van der Waals surface area contributed by atoms with E-state index in [0.717, 1.165) is 18.7 Å². The molecule has 3 rings (SSSR count). The summed E-state index contributed by atoms with van der Waals surface area (Å²) in [5.41, 5.74) is 0.118. The number of hydrogen-bond donors (Lipinski definition) is 1. The number of likely N-dealkylation sites (tertiary alicyclic amines) is 1. The highest BCUT2D eigenvalue weighted by Crippen LogP contribution is 2.23. The predicted octanol–water partition coefficient (Wildman–Crippen LogP) is 0.827. The van der Waals surface area contributed by atoms with Gasteiger partial charge >= 0.3 is 0 Å². The van der Waals surface area contributed by atoms with Crippen molar-refractivity contribution in [2.75, 3.05) is 45.8 Å². The Morgan fingerprint density at radius 2 is 1.77 bits per heavy atom. The molecule has 1 aromatic rings. The van der Waals surface area contributed by atoms with Crippen LogP contribution in [0.15, 0.2) is 36.4 Å². The van der Waals surface area contributed by atoms with Crippen LogP contribution in [-0.4, -0.2) is 83.0 Å². The Bertz CT molecular complexity index is 668. The van der Waals surface area contributed by atoms with E-state index in [0.29, 0.717) is 39.1 Å². The van der Waals surface area contributed by atoms with Crippen molar-refractivity contribution in [2.45, 2.75) is 18.9 Å². The SMILES string of the molecule is CC(=O)N1CCN(CC2(O)CCN(C(=O)/C=C/c3ccccc3)C2)CC1. The smallest absolute Gasteiger partial charge is 0.246 e. The summed E-state index contributed by atoms with van der Waals surface area (Å²) in [6, 6.07) is 9.71. The van der Waals surface area contributed by atoms with Crippen molar-refractivity contribution in [3.8, 4) is 0 Å². The Balaban J connectivity index is 1.50. The summed E-state index contributed by atoms with van der Waals surface area (Å²) in [6.45, 7) is 6.01. The van der Waals surface area contributed by atoms with E-state index in [2.05, 4.69) is 4.90 Å². The second-order valence-electron chi connectivity index (χ2n) is 7.26. The Morgan fingerprint density at radius 1 is 1.08 bits per heavy atom. The van der Waals surface area contributed by atoms with Crippen molar-refractivity contribution in [3.63, 3.8) is 0 Å². The summed E-state index contributed by atoms with van der Waals surface area (Å²) in [7, 11) is 0. The quantitative estimate of drug-likeness (QED) is 0.811. The number of hydrogen-bond acceptors (Lipinski definition) is 4. The van der Waals surface area contributed by atoms with E-state index >= 15 is 0 Å². The maximum absolute atomic E-state index is 12.4. The molecule has 1 N–H and O–H groups in total. The Morgan fingerprint density at radius 3 is 2.42 bits per heavy atom. The number of nitrogens with zero attached hydrogens (tertiary/aromatic N) is 3. The molecule has 2 heterocycles. The second kappa shape index (κ2) is 8.01. The highest BCUT2D eigenvalue weighted by molar-refractivity contribution is 5.92. The molecule has 0 bridgehead atoms. The van der Waals surface area contributed by atoms with Crippen LogP contribution in [0.2, 0.25) is 0 Å². The van der Waals surface area contributed by atoms with Crippen LogP contribution in [-0.2, 0) is 9.59 Å². The maximum atomic E-state index is 12.4. The number of benzene rings is 1. The molecule has 140 valence electrons. The maximum Gasteiger partial charge on any atom is 0.246 e. The van der Waals surface area contributed by atoms with Gasteiger partial charge in [-0.15, -0.1) is 0 Å². The molecule has 6 heteroatoms. The van der Waals surface area contributed by atoms with E-state index in [1.807, 2.05) is 35.2 Å². The van der Waals surface area contributed by atoms with Gasteiger partial charge in [-0.3, -0.25) is 14.5 Å². The van der Waals surface area contributed by atoms with Crippen molar-refractivity contribution >= 4 is 17.9 Å². The van der Waals surface area contributed by atoms with Crippen molar-refractivity contribution in [1.82, 2.24) is 14.7 Å². The highest BCUT2D eigenvalue weighted by atomic mass is 16.3. The number of aliphatic hydroxyl groups is 1. The Kier molecular flexibility index (Phi) is 5.74. The van der Waals surface area contributed by atoms with E-state index < -0.39 is 5.60 Å². The number of amides is 2. The number of β-amino-alcohol motifs (C(OH)–C–C–N with tert-alkyl or cyclic N) is 1. The Labute approximate surface area is 154 Å². The summed E-state index contributed by atoms with van der Waals surface area (Å²) in [5.74, 6) is 0.0392. The fraction of sp³-hybridized carbons (Fsp3) is 0.500. The number of carbonyl (C=O) groups excluding carboxylic acids is 2. The minimum absolute atomic E-state index is 0.0637. The van der Waals surface area contributed by atoms with E-state index in [9.17, 15) is 14.7 Å². The standard InChI is InChI=1S/C20H27N3O3/c1-17(24)22-13-11-21(12-14-22)15-20(26)9-10-23(16-20)19(25)8-7-18-5-3-2-4-6-18/h2-8,26H,9-16H2,1H3/b8-7+. The zero-order valence-electron chi connectivity index (χ0n) is 15.3. The van der Waals surface area contributed by atoms with Gasteiger partial charge in [0.25, 0.3) is 0 Å². The molecule has 0 radical (unpaired) electrons. The third kappa shape index (κ3) is 4.71. The van der Waals surface area contributed by atoms with Crippen molar-refractivity contribution in [3.05, 3.63) is 42.0 Å². The first-order chi connectivity index (χ1) is 12.5. The van der Waals surface area contributed by atoms with Crippen LogP contribution >= 0.6 is 0 Å². The Hall–Kier alpha value is -2.18. The second-order valence-corrected chi connectivity index (χ2v) is 7.26. The summed E-state index contributed by atoms with van der Waals surface area (Å²) in [4.78, 5) is 29.5. The van der Waals surface area contributed by atoms with Crippen LogP contribution in [0, 0.1) is 0 Å². The lowest BCUT2D eigenvalue weighted by Gasteiger charge is -2.37. The number of piperazine rings is 1. The molecule has 2 saturated heterocycles. The first kappa shape index (κ1) is 18.6. The first-order valence-corrected chi connectivity index (χ1v) is 9.17. The van der Waals surface area contributed by atoms with Crippen molar-refractivity contribution < 1.29 is 14.7 Å². The fourth-order valence-corrected chi connectivity index (χ4v) is 3.65. The van der Waals surface area contributed by atoms with E-state index in [4.69, 9.17) is 0 Å². The van der Waals surface area contributed by atoms with E-state index in [-0.39, 0.29) is 11.8 Å². The molecule has 1 aromatic carbocycles. The lowest BCUT2D eigenvalue weighted by molar-refractivity contribution is -0.131. The largest absolute Gasteiger partial charge is 0.387 e. The highest BCUT2D eigenvalue weighted by Gasteiger charge is 2.39. The molecular weight excluding hydrogens is 330 g/mol. The molecule has 0 aromatic heterocycles. The number of rotatable bonds is 4. The van der Waals surface area contributed by atoms with Gasteiger partial charge in [0.15, 0.2) is 0 Å². The van der Waals surface area contributed by atoms with Crippen LogP contribution in [0.1, 0.15) is 18.9 Å². The zero-order chi connectivity index (χ0) is 18.6. The van der Waals surface area contributed by atoms with Gasteiger partial charge in [-0.05, 0) is 18.1 Å². The van der Waals surface area contributed by atoms with Crippen molar-refractivity contribution in [2.24, 2.45) is 0 Å². The van der Waals surface area contributed by atoms with Crippen LogP contribution in [0.3, 0.4) is 0 Å². The summed E-state index contributed by atoms with van der Waals surface area (Å²) in [5, 5.41) is 10.9.